The Labute approximate surface area is 84.1 Å². The number of phenolic OH excluding ortho intramolecular Hbond substituents is 1. The highest BCUT2D eigenvalue weighted by Gasteiger charge is 1.75. The molecule has 5 heteroatoms. The zero-order chi connectivity index (χ0) is 11.4. The monoisotopic (exact) mass is 214 g/mol. The maximum absolute atomic E-state index is 9.25. The Morgan fingerprint density at radius 2 is 1.64 bits per heavy atom. The molecule has 0 atom stereocenters. The van der Waals surface area contributed by atoms with Gasteiger partial charge in [0.25, 0.3) is 0 Å². The van der Waals surface area contributed by atoms with Crippen LogP contribution in [0.1, 0.15) is 0 Å². The van der Waals surface area contributed by atoms with Crippen molar-refractivity contribution in [2.24, 2.45) is 0 Å². The number of aromatic hydroxyl groups is 1. The Morgan fingerprint density at radius 3 is 1.79 bits per heavy atom. The molecular formula is C9H11O4P. The first-order valence-corrected chi connectivity index (χ1v) is 3.87. The van der Waals surface area contributed by atoms with Crippen LogP contribution in [0.3, 0.4) is 0 Å². The Hall–Kier alpha value is -1.67. The number of para-hydroxylation sites is 1. The van der Waals surface area contributed by atoms with E-state index in [0.717, 1.165) is 6.08 Å². The number of carboxylic acid groups (broad SMARTS) is 1. The summed E-state index contributed by atoms with van der Waals surface area (Å²) in [5, 5.41) is 16.2. The minimum absolute atomic E-state index is 0.322. The number of carboxylic acids is 1. The molecule has 1 aromatic rings. The molecule has 76 valence electrons. The lowest BCUT2D eigenvalue weighted by atomic mass is 10.3. The maximum atomic E-state index is 9.25. The van der Waals surface area contributed by atoms with Gasteiger partial charge in [-0.25, -0.2) is 4.79 Å². The Kier molecular flexibility index (Phi) is 12.0. The molecule has 0 aliphatic rings. The van der Waals surface area contributed by atoms with Gasteiger partial charge in [-0.05, 0) is 12.1 Å². The number of hydrogen-bond donors (Lipinski definition) is 2. The quantitative estimate of drug-likeness (QED) is 0.554. The van der Waals surface area contributed by atoms with Gasteiger partial charge in [-0.2, -0.15) is 0 Å². The molecule has 0 fully saturated rings. The number of hydrogen-bond acceptors (Lipinski definition) is 3. The van der Waals surface area contributed by atoms with E-state index in [2.05, 4.69) is 6.58 Å². The van der Waals surface area contributed by atoms with E-state index in [9.17, 15) is 4.79 Å². The minimum Gasteiger partial charge on any atom is -0.508 e. The molecule has 0 heterocycles. The van der Waals surface area contributed by atoms with Gasteiger partial charge < -0.3 is 10.2 Å². The van der Waals surface area contributed by atoms with Gasteiger partial charge >= 0.3 is 5.97 Å². The van der Waals surface area contributed by atoms with E-state index < -0.39 is 5.97 Å². The van der Waals surface area contributed by atoms with Gasteiger partial charge in [0.1, 0.15) is 14.9 Å². The van der Waals surface area contributed by atoms with Crippen LogP contribution in [-0.4, -0.2) is 16.2 Å². The summed E-state index contributed by atoms with van der Waals surface area (Å²) in [4.78, 5) is 9.25. The van der Waals surface area contributed by atoms with Gasteiger partial charge in [0.05, 0.1) is 0 Å². The lowest BCUT2D eigenvalue weighted by Gasteiger charge is -1.82. The van der Waals surface area contributed by atoms with Crippen molar-refractivity contribution in [3.05, 3.63) is 43.0 Å². The number of aliphatic carboxylic acids is 1. The topological polar surface area (TPSA) is 74.6 Å². The SMILES string of the molecule is C=CC(=O)O.O=P.Oc1ccccc1. The van der Waals surface area contributed by atoms with Crippen LogP contribution in [0.4, 0.5) is 0 Å². The molecule has 0 bridgehead atoms. The van der Waals surface area contributed by atoms with Crippen molar-refractivity contribution in [3.63, 3.8) is 0 Å². The molecule has 0 unspecified atom stereocenters. The molecule has 2 N–H and O–H groups in total. The first-order chi connectivity index (χ1) is 6.66. The van der Waals surface area contributed by atoms with Crippen LogP contribution in [0.5, 0.6) is 5.75 Å². The smallest absolute Gasteiger partial charge is 0.327 e. The summed E-state index contributed by atoms with van der Waals surface area (Å²) in [6, 6.07) is 8.71. The fourth-order valence-electron chi connectivity index (χ4n) is 0.428. The van der Waals surface area contributed by atoms with E-state index in [1.807, 2.05) is 6.07 Å². The lowest BCUT2D eigenvalue weighted by Crippen LogP contribution is -1.82. The normalized spacial score (nSPS) is 6.86. The van der Waals surface area contributed by atoms with E-state index in [1.165, 1.54) is 0 Å². The molecule has 14 heavy (non-hydrogen) atoms. The summed E-state index contributed by atoms with van der Waals surface area (Å²) >= 11 is 0. The van der Waals surface area contributed by atoms with Crippen LogP contribution < -0.4 is 0 Å². The first-order valence-electron chi connectivity index (χ1n) is 3.46. The molecule has 0 aliphatic heterocycles. The number of rotatable bonds is 1. The Bertz CT molecular complexity index is 261. The fraction of sp³-hybridized carbons (Fsp3) is 0. The number of carbonyl (C=O) groups is 1. The van der Waals surface area contributed by atoms with Gasteiger partial charge in [0, 0.05) is 6.08 Å². The molecule has 0 saturated heterocycles. The summed E-state index contributed by atoms with van der Waals surface area (Å²) in [6.45, 7) is 2.96. The molecule has 0 aromatic heterocycles. The molecule has 4 nitrogen and oxygen atoms in total. The van der Waals surface area contributed by atoms with E-state index in [4.69, 9.17) is 14.8 Å². The van der Waals surface area contributed by atoms with Crippen LogP contribution in [0.2, 0.25) is 0 Å². The number of phenols is 1. The van der Waals surface area contributed by atoms with Crippen molar-refractivity contribution < 1.29 is 19.6 Å². The van der Waals surface area contributed by atoms with E-state index in [-0.39, 0.29) is 0 Å². The predicted molar refractivity (Wildman–Crippen MR) is 54.9 cm³/mol. The number of benzene rings is 1. The molecular weight excluding hydrogens is 203 g/mol. The second kappa shape index (κ2) is 11.3. The second-order valence-electron chi connectivity index (χ2n) is 1.88. The zero-order valence-corrected chi connectivity index (χ0v) is 8.38. The average molecular weight is 214 g/mol. The van der Waals surface area contributed by atoms with Crippen molar-refractivity contribution in [1.29, 1.82) is 0 Å². The van der Waals surface area contributed by atoms with Crippen LogP contribution >= 0.6 is 9.12 Å². The summed E-state index contributed by atoms with van der Waals surface area (Å²) in [5.41, 5.74) is 0. The molecule has 0 amide bonds. The highest BCUT2D eigenvalue weighted by Crippen LogP contribution is 2.02. The highest BCUT2D eigenvalue weighted by molar-refractivity contribution is 7.00. The van der Waals surface area contributed by atoms with E-state index in [0.29, 0.717) is 5.75 Å². The molecule has 0 saturated carbocycles. The third-order valence-corrected chi connectivity index (χ3v) is 0.931. The zero-order valence-electron chi connectivity index (χ0n) is 7.38. The van der Waals surface area contributed by atoms with Gasteiger partial charge in [-0.3, -0.25) is 4.57 Å². The van der Waals surface area contributed by atoms with Crippen molar-refractivity contribution in [1.82, 2.24) is 0 Å². The average Bonchev–Trinajstić information content (AvgIpc) is 2.23. The van der Waals surface area contributed by atoms with Crippen LogP contribution in [0, 0.1) is 0 Å². The predicted octanol–water partition coefficient (Wildman–Crippen LogP) is 2.12. The van der Waals surface area contributed by atoms with Crippen molar-refractivity contribution in [3.8, 4) is 5.75 Å². The summed E-state index contributed by atoms with van der Waals surface area (Å²) < 4.78 is 8.06. The molecule has 1 aromatic carbocycles. The minimum atomic E-state index is -0.981. The fourth-order valence-corrected chi connectivity index (χ4v) is 0.428. The van der Waals surface area contributed by atoms with E-state index in [1.54, 1.807) is 33.4 Å². The molecule has 0 radical (unpaired) electrons. The van der Waals surface area contributed by atoms with Crippen molar-refractivity contribution >= 4 is 15.1 Å². The van der Waals surface area contributed by atoms with Crippen LogP contribution in [0.15, 0.2) is 43.0 Å². The highest BCUT2D eigenvalue weighted by atomic mass is 31.0. The molecule has 0 spiro atoms. The van der Waals surface area contributed by atoms with Gasteiger partial charge in [-0.1, -0.05) is 24.8 Å². The Morgan fingerprint density at radius 1 is 1.29 bits per heavy atom. The van der Waals surface area contributed by atoms with Crippen LogP contribution in [-0.2, 0) is 9.36 Å². The maximum Gasteiger partial charge on any atom is 0.327 e. The standard InChI is InChI=1S/C6H6O.C3H4O2.HOP/c7-6-4-2-1-3-5-6;1-2-3(4)5;1-2/h1-5,7H;2H,1H2,(H,4,5);2H. The van der Waals surface area contributed by atoms with Gasteiger partial charge in [0.15, 0.2) is 0 Å². The summed E-state index contributed by atoms with van der Waals surface area (Å²) in [7, 11) is 1.72. The van der Waals surface area contributed by atoms with E-state index >= 15 is 0 Å². The van der Waals surface area contributed by atoms with Crippen molar-refractivity contribution in [2.75, 3.05) is 0 Å². The summed E-state index contributed by atoms with van der Waals surface area (Å²) in [6.07, 6.45) is 0.833. The van der Waals surface area contributed by atoms with Gasteiger partial charge in [-0.15, -0.1) is 0 Å². The van der Waals surface area contributed by atoms with Gasteiger partial charge in [0.2, 0.25) is 0 Å². The second-order valence-corrected chi connectivity index (χ2v) is 1.88. The largest absolute Gasteiger partial charge is 0.508 e. The first kappa shape index (κ1) is 14.8. The Balaban J connectivity index is 0. The van der Waals surface area contributed by atoms with Crippen LogP contribution in [0.25, 0.3) is 0 Å². The van der Waals surface area contributed by atoms with Crippen molar-refractivity contribution in [2.45, 2.75) is 0 Å². The lowest BCUT2D eigenvalue weighted by molar-refractivity contribution is -0.131. The molecule has 1 rings (SSSR count). The third kappa shape index (κ3) is 13.0. The molecule has 0 aliphatic carbocycles. The summed E-state index contributed by atoms with van der Waals surface area (Å²) in [5.74, 6) is -0.660. The third-order valence-electron chi connectivity index (χ3n) is 0.931.